The van der Waals surface area contributed by atoms with Crippen molar-refractivity contribution in [3.05, 3.63) is 70.8 Å². The van der Waals surface area contributed by atoms with Crippen LogP contribution < -0.4 is 14.2 Å². The topological polar surface area (TPSA) is 69.0 Å². The Hall–Kier alpha value is -2.74. The van der Waals surface area contributed by atoms with Crippen molar-refractivity contribution in [2.45, 2.75) is 51.8 Å². The Morgan fingerprint density at radius 3 is 2.64 bits per heavy atom. The van der Waals surface area contributed by atoms with E-state index in [1.165, 1.54) is 0 Å². The molecular formula is C28H36ClN3O4. The van der Waals surface area contributed by atoms with E-state index in [1.54, 1.807) is 13.3 Å². The smallest absolute Gasteiger partial charge is 0.161 e. The lowest BCUT2D eigenvalue weighted by molar-refractivity contribution is -0.0621. The lowest BCUT2D eigenvalue weighted by atomic mass is 9.93. The van der Waals surface area contributed by atoms with Gasteiger partial charge in [0.1, 0.15) is 18.0 Å². The molecule has 0 bridgehead atoms. The summed E-state index contributed by atoms with van der Waals surface area (Å²) >= 11 is 6.27. The summed E-state index contributed by atoms with van der Waals surface area (Å²) in [5.74, 6) is 2.20. The molecule has 0 saturated carbocycles. The minimum atomic E-state index is -0.901. The van der Waals surface area contributed by atoms with E-state index in [-0.39, 0.29) is 6.61 Å². The van der Waals surface area contributed by atoms with Crippen LogP contribution in [0.2, 0.25) is 5.02 Å². The van der Waals surface area contributed by atoms with Gasteiger partial charge in [0.2, 0.25) is 0 Å². The van der Waals surface area contributed by atoms with Crippen LogP contribution in [0.3, 0.4) is 0 Å². The third-order valence-electron chi connectivity index (χ3n) is 6.56. The van der Waals surface area contributed by atoms with Crippen LogP contribution in [0, 0.1) is 13.8 Å². The van der Waals surface area contributed by atoms with Crippen LogP contribution in [0.1, 0.15) is 36.0 Å². The number of β-amino-alcohol motifs (C(OH)–C–C–N with tert-alkyl or cyclic N) is 1. The minimum absolute atomic E-state index is 0.249. The van der Waals surface area contributed by atoms with Gasteiger partial charge in [-0.05, 0) is 80.6 Å². The van der Waals surface area contributed by atoms with E-state index >= 15 is 0 Å². The summed E-state index contributed by atoms with van der Waals surface area (Å²) in [6.07, 6.45) is 8.04. The van der Waals surface area contributed by atoms with Gasteiger partial charge in [0.25, 0.3) is 0 Å². The maximum Gasteiger partial charge on any atom is 0.161 e. The highest BCUT2D eigenvalue weighted by atomic mass is 35.5. The van der Waals surface area contributed by atoms with Gasteiger partial charge in [-0.3, -0.25) is 4.90 Å². The first kappa shape index (κ1) is 26.3. The van der Waals surface area contributed by atoms with Crippen LogP contribution in [0.15, 0.2) is 49.1 Å². The Morgan fingerprint density at radius 2 is 1.92 bits per heavy atom. The van der Waals surface area contributed by atoms with Crippen molar-refractivity contribution >= 4 is 11.6 Å². The third kappa shape index (κ3) is 6.93. The molecule has 0 spiro atoms. The van der Waals surface area contributed by atoms with Crippen molar-refractivity contribution < 1.29 is 19.3 Å². The van der Waals surface area contributed by atoms with Crippen molar-refractivity contribution in [3.8, 4) is 17.2 Å². The standard InChI is InChI=1S/C28H36ClN3O4/c1-21-14-24(15-22(2)27(21)29)36-19-28(33)8-4-10-32(18-28)17-23-6-7-25(26(16-23)34-3)35-13-5-11-31-12-9-30-20-31/h6-7,9,12,14-16,20,33H,4-5,8,10-11,13,17-19H2,1-3H3. The molecule has 36 heavy (non-hydrogen) atoms. The van der Waals surface area contributed by atoms with Gasteiger partial charge in [-0.1, -0.05) is 17.7 Å². The normalized spacial score (nSPS) is 18.2. The molecule has 1 fully saturated rings. The number of benzene rings is 2. The zero-order valence-corrected chi connectivity index (χ0v) is 22.1. The molecule has 1 atom stereocenters. The lowest BCUT2D eigenvalue weighted by Crippen LogP contribution is -2.51. The van der Waals surface area contributed by atoms with Crippen LogP contribution in [-0.2, 0) is 13.1 Å². The van der Waals surface area contributed by atoms with E-state index in [0.717, 1.165) is 71.4 Å². The fourth-order valence-corrected chi connectivity index (χ4v) is 4.81. The number of piperidine rings is 1. The highest BCUT2D eigenvalue weighted by Gasteiger charge is 2.34. The van der Waals surface area contributed by atoms with Crippen molar-refractivity contribution in [2.24, 2.45) is 0 Å². The zero-order chi connectivity index (χ0) is 25.5. The SMILES string of the molecule is COc1cc(CN2CCCC(O)(COc3cc(C)c(Cl)c(C)c3)C2)ccc1OCCCn1ccnc1. The Kier molecular flexibility index (Phi) is 8.77. The van der Waals surface area contributed by atoms with E-state index in [2.05, 4.69) is 16.0 Å². The van der Waals surface area contributed by atoms with Crippen LogP contribution >= 0.6 is 11.6 Å². The van der Waals surface area contributed by atoms with Crippen LogP contribution in [0.25, 0.3) is 0 Å². The summed E-state index contributed by atoms with van der Waals surface area (Å²) in [6.45, 7) is 7.83. The van der Waals surface area contributed by atoms with Gasteiger partial charge in [0, 0.05) is 37.1 Å². The molecule has 0 radical (unpaired) electrons. The monoisotopic (exact) mass is 513 g/mol. The number of aromatic nitrogens is 2. The van der Waals surface area contributed by atoms with E-state index < -0.39 is 5.60 Å². The summed E-state index contributed by atoms with van der Waals surface area (Å²) in [4.78, 5) is 6.33. The second kappa shape index (κ2) is 12.0. The highest BCUT2D eigenvalue weighted by molar-refractivity contribution is 6.32. The van der Waals surface area contributed by atoms with Crippen LogP contribution in [-0.4, -0.2) is 58.6 Å². The third-order valence-corrected chi connectivity index (χ3v) is 7.16. The maximum atomic E-state index is 11.3. The molecule has 194 valence electrons. The Bertz CT molecular complexity index is 1110. The number of likely N-dealkylation sites (tertiary alicyclic amines) is 1. The molecule has 2 heterocycles. The average molecular weight is 514 g/mol. The summed E-state index contributed by atoms with van der Waals surface area (Å²) in [6, 6.07) is 9.90. The molecule has 1 unspecified atom stereocenters. The molecule has 1 N–H and O–H groups in total. The molecule has 1 aromatic heterocycles. The minimum Gasteiger partial charge on any atom is -0.493 e. The zero-order valence-electron chi connectivity index (χ0n) is 21.4. The number of aliphatic hydroxyl groups is 1. The molecule has 0 aliphatic carbocycles. The van der Waals surface area contributed by atoms with Gasteiger partial charge in [-0.2, -0.15) is 0 Å². The molecule has 7 nitrogen and oxygen atoms in total. The fraction of sp³-hybridized carbons (Fsp3) is 0.464. The summed E-state index contributed by atoms with van der Waals surface area (Å²) in [7, 11) is 1.66. The average Bonchev–Trinajstić information content (AvgIpc) is 3.38. The fourth-order valence-electron chi connectivity index (χ4n) is 4.70. The second-order valence-electron chi connectivity index (χ2n) is 9.69. The summed E-state index contributed by atoms with van der Waals surface area (Å²) in [5.41, 5.74) is 2.17. The maximum absolute atomic E-state index is 11.3. The van der Waals surface area contributed by atoms with Crippen molar-refractivity contribution in [2.75, 3.05) is 33.4 Å². The molecule has 3 aromatic rings. The van der Waals surface area contributed by atoms with Crippen molar-refractivity contribution in [1.82, 2.24) is 14.5 Å². The second-order valence-corrected chi connectivity index (χ2v) is 10.1. The molecule has 1 saturated heterocycles. The van der Waals surface area contributed by atoms with Crippen molar-refractivity contribution in [1.29, 1.82) is 0 Å². The molecule has 0 amide bonds. The number of rotatable bonds is 11. The predicted molar refractivity (Wildman–Crippen MR) is 141 cm³/mol. The van der Waals surface area contributed by atoms with Gasteiger partial charge in [-0.25, -0.2) is 4.98 Å². The molecule has 4 rings (SSSR count). The van der Waals surface area contributed by atoms with E-state index in [4.69, 9.17) is 25.8 Å². The van der Waals surface area contributed by atoms with Gasteiger partial charge in [0.05, 0.1) is 20.0 Å². The van der Waals surface area contributed by atoms with Crippen LogP contribution in [0.4, 0.5) is 0 Å². The van der Waals surface area contributed by atoms with E-state index in [9.17, 15) is 5.11 Å². The Labute approximate surface area is 218 Å². The van der Waals surface area contributed by atoms with E-state index in [1.807, 2.05) is 55.2 Å². The van der Waals surface area contributed by atoms with E-state index in [0.29, 0.717) is 19.6 Å². The van der Waals surface area contributed by atoms with Crippen molar-refractivity contribution in [3.63, 3.8) is 0 Å². The first-order valence-corrected chi connectivity index (χ1v) is 12.8. The Balaban J connectivity index is 1.30. The number of halogens is 1. The van der Waals surface area contributed by atoms with Gasteiger partial charge in [0.15, 0.2) is 11.5 Å². The molecule has 1 aliphatic heterocycles. The predicted octanol–water partition coefficient (Wildman–Crippen LogP) is 5.04. The van der Waals surface area contributed by atoms with Gasteiger partial charge < -0.3 is 23.9 Å². The highest BCUT2D eigenvalue weighted by Crippen LogP contribution is 2.31. The number of methoxy groups -OCH3 is 1. The largest absolute Gasteiger partial charge is 0.493 e. The number of hydrogen-bond donors (Lipinski definition) is 1. The molecule has 2 aromatic carbocycles. The first-order chi connectivity index (χ1) is 17.3. The quantitative estimate of drug-likeness (QED) is 0.362. The summed E-state index contributed by atoms with van der Waals surface area (Å²) in [5, 5.41) is 12.0. The Morgan fingerprint density at radius 1 is 1.11 bits per heavy atom. The van der Waals surface area contributed by atoms with Gasteiger partial charge >= 0.3 is 0 Å². The lowest BCUT2D eigenvalue weighted by Gasteiger charge is -2.39. The summed E-state index contributed by atoms with van der Waals surface area (Å²) < 4.78 is 19.6. The number of imidazole rings is 1. The first-order valence-electron chi connectivity index (χ1n) is 12.4. The molecule has 1 aliphatic rings. The number of hydrogen-bond acceptors (Lipinski definition) is 6. The van der Waals surface area contributed by atoms with Crippen LogP contribution in [0.5, 0.6) is 17.2 Å². The molecule has 8 heteroatoms. The number of aryl methyl sites for hydroxylation is 3. The van der Waals surface area contributed by atoms with Gasteiger partial charge in [-0.15, -0.1) is 0 Å². The number of ether oxygens (including phenoxy) is 3. The molecular weight excluding hydrogens is 478 g/mol. The number of nitrogens with zero attached hydrogens (tertiary/aromatic N) is 3.